The predicted molar refractivity (Wildman–Crippen MR) is 39.5 cm³/mol. The van der Waals surface area contributed by atoms with Crippen molar-refractivity contribution in [3.05, 3.63) is 12.3 Å². The number of amides is 2. The Morgan fingerprint density at radius 3 is 2.20 bits per heavy atom. The summed E-state index contributed by atoms with van der Waals surface area (Å²) in [6, 6.07) is -0.0741. The molecule has 2 amide bonds. The van der Waals surface area contributed by atoms with E-state index >= 15 is 0 Å². The third-order valence-corrected chi connectivity index (χ3v) is 1.85. The highest BCUT2D eigenvalue weighted by atomic mass is 16.2. The summed E-state index contributed by atoms with van der Waals surface area (Å²) in [6.45, 7) is 7.64. The molecule has 0 aromatic heterocycles. The van der Waals surface area contributed by atoms with E-state index in [-0.39, 0.29) is 11.6 Å². The first-order chi connectivity index (χ1) is 4.45. The monoisotopic (exact) mass is 140 g/mol. The largest absolute Gasteiger partial charge is 0.327 e. The van der Waals surface area contributed by atoms with Crippen molar-refractivity contribution >= 4 is 6.03 Å². The molecular weight excluding hydrogens is 128 g/mol. The van der Waals surface area contributed by atoms with Crippen LogP contribution in [0.2, 0.25) is 0 Å². The SMILES string of the molecule is C=C1N(C)C(=O)NC1(C)C. The summed E-state index contributed by atoms with van der Waals surface area (Å²) in [7, 11) is 1.71. The fraction of sp³-hybridized carbons (Fsp3) is 0.571. The summed E-state index contributed by atoms with van der Waals surface area (Å²) >= 11 is 0. The van der Waals surface area contributed by atoms with Gasteiger partial charge >= 0.3 is 6.03 Å². The first kappa shape index (κ1) is 7.12. The third kappa shape index (κ3) is 0.781. The highest BCUT2D eigenvalue weighted by molar-refractivity contribution is 5.81. The van der Waals surface area contributed by atoms with Gasteiger partial charge < -0.3 is 5.32 Å². The second-order valence-electron chi connectivity index (χ2n) is 3.06. The van der Waals surface area contributed by atoms with Gasteiger partial charge in [-0.15, -0.1) is 0 Å². The molecule has 3 nitrogen and oxygen atoms in total. The lowest BCUT2D eigenvalue weighted by Crippen LogP contribution is -2.35. The first-order valence-corrected chi connectivity index (χ1v) is 3.20. The van der Waals surface area contributed by atoms with Crippen LogP contribution in [0.5, 0.6) is 0 Å². The van der Waals surface area contributed by atoms with Crippen molar-refractivity contribution in [3.8, 4) is 0 Å². The Morgan fingerprint density at radius 1 is 1.60 bits per heavy atom. The fourth-order valence-electron chi connectivity index (χ4n) is 0.965. The van der Waals surface area contributed by atoms with Crippen molar-refractivity contribution in [1.29, 1.82) is 0 Å². The molecule has 0 atom stereocenters. The Bertz CT molecular complexity index is 196. The zero-order chi connectivity index (χ0) is 7.94. The van der Waals surface area contributed by atoms with Crippen LogP contribution in [-0.2, 0) is 0 Å². The Kier molecular flexibility index (Phi) is 1.24. The number of rotatable bonds is 0. The van der Waals surface area contributed by atoms with Gasteiger partial charge in [-0.3, -0.25) is 4.90 Å². The number of nitrogens with one attached hydrogen (secondary N) is 1. The minimum Gasteiger partial charge on any atom is -0.327 e. The van der Waals surface area contributed by atoms with E-state index in [1.54, 1.807) is 7.05 Å². The maximum absolute atomic E-state index is 11.0. The maximum Gasteiger partial charge on any atom is 0.322 e. The van der Waals surface area contributed by atoms with Crippen molar-refractivity contribution in [2.24, 2.45) is 0 Å². The minimum absolute atomic E-state index is 0.0741. The molecule has 1 rings (SSSR count). The second-order valence-corrected chi connectivity index (χ2v) is 3.06. The normalized spacial score (nSPS) is 23.3. The highest BCUT2D eigenvalue weighted by Crippen LogP contribution is 2.23. The Hall–Kier alpha value is -0.990. The van der Waals surface area contributed by atoms with Crippen LogP contribution in [0.15, 0.2) is 12.3 Å². The van der Waals surface area contributed by atoms with Crippen LogP contribution in [0.4, 0.5) is 4.79 Å². The molecule has 10 heavy (non-hydrogen) atoms. The summed E-state index contributed by atoms with van der Waals surface area (Å²) < 4.78 is 0. The van der Waals surface area contributed by atoms with E-state index in [2.05, 4.69) is 11.9 Å². The van der Waals surface area contributed by atoms with Gasteiger partial charge in [-0.25, -0.2) is 4.79 Å². The molecule has 1 fully saturated rings. The van der Waals surface area contributed by atoms with Crippen LogP contribution in [-0.4, -0.2) is 23.5 Å². The molecule has 56 valence electrons. The predicted octanol–water partition coefficient (Wildman–Crippen LogP) is 0.934. The van der Waals surface area contributed by atoms with E-state index in [0.717, 1.165) is 5.70 Å². The Labute approximate surface area is 60.7 Å². The van der Waals surface area contributed by atoms with Crippen LogP contribution in [0.1, 0.15) is 13.8 Å². The number of likely N-dealkylation sites (N-methyl/N-ethyl adjacent to an activating group) is 1. The van der Waals surface area contributed by atoms with E-state index in [9.17, 15) is 4.79 Å². The van der Waals surface area contributed by atoms with Gasteiger partial charge in [0, 0.05) is 12.7 Å². The van der Waals surface area contributed by atoms with Gasteiger partial charge in [0.2, 0.25) is 0 Å². The summed E-state index contributed by atoms with van der Waals surface area (Å²) in [6.07, 6.45) is 0. The van der Waals surface area contributed by atoms with Crippen LogP contribution in [0.25, 0.3) is 0 Å². The molecule has 1 aliphatic heterocycles. The Morgan fingerprint density at radius 2 is 2.10 bits per heavy atom. The summed E-state index contributed by atoms with van der Waals surface area (Å²) in [5.74, 6) is 0. The molecular formula is C7H12N2O. The van der Waals surface area contributed by atoms with Gasteiger partial charge in [0.25, 0.3) is 0 Å². The molecule has 1 N–H and O–H groups in total. The van der Waals surface area contributed by atoms with E-state index in [1.165, 1.54) is 4.90 Å². The van der Waals surface area contributed by atoms with E-state index in [0.29, 0.717) is 0 Å². The van der Waals surface area contributed by atoms with Crippen LogP contribution >= 0.6 is 0 Å². The average molecular weight is 140 g/mol. The first-order valence-electron chi connectivity index (χ1n) is 3.20. The second kappa shape index (κ2) is 1.75. The number of urea groups is 1. The molecule has 3 heteroatoms. The molecule has 1 saturated heterocycles. The molecule has 0 aliphatic carbocycles. The van der Waals surface area contributed by atoms with Gasteiger partial charge in [-0.1, -0.05) is 6.58 Å². The lowest BCUT2D eigenvalue weighted by Gasteiger charge is -2.18. The van der Waals surface area contributed by atoms with Gasteiger partial charge in [0.05, 0.1) is 5.54 Å². The van der Waals surface area contributed by atoms with Crippen LogP contribution in [0.3, 0.4) is 0 Å². The summed E-state index contributed by atoms with van der Waals surface area (Å²) in [5.41, 5.74) is 0.545. The van der Waals surface area contributed by atoms with Crippen molar-refractivity contribution in [2.45, 2.75) is 19.4 Å². The van der Waals surface area contributed by atoms with Gasteiger partial charge in [0.15, 0.2) is 0 Å². The van der Waals surface area contributed by atoms with Gasteiger partial charge in [-0.2, -0.15) is 0 Å². The van der Waals surface area contributed by atoms with E-state index < -0.39 is 0 Å². The Balaban J connectivity index is 2.92. The zero-order valence-corrected chi connectivity index (χ0v) is 6.56. The molecule has 0 unspecified atom stereocenters. The minimum atomic E-state index is -0.272. The summed E-state index contributed by atoms with van der Waals surface area (Å²) in [5, 5.41) is 2.78. The third-order valence-electron chi connectivity index (χ3n) is 1.85. The van der Waals surface area contributed by atoms with Gasteiger partial charge in [0.1, 0.15) is 0 Å². The van der Waals surface area contributed by atoms with Crippen molar-refractivity contribution in [1.82, 2.24) is 10.2 Å². The van der Waals surface area contributed by atoms with Crippen molar-refractivity contribution < 1.29 is 4.79 Å². The van der Waals surface area contributed by atoms with E-state index in [1.807, 2.05) is 13.8 Å². The fourth-order valence-corrected chi connectivity index (χ4v) is 0.965. The average Bonchev–Trinajstić information content (AvgIpc) is 1.95. The standard InChI is InChI=1S/C7H12N2O/c1-5-7(2,3)8-6(10)9(5)4/h1H2,2-4H3,(H,8,10). The smallest absolute Gasteiger partial charge is 0.322 e. The molecule has 1 aliphatic rings. The van der Waals surface area contributed by atoms with Crippen LogP contribution in [0, 0.1) is 0 Å². The quantitative estimate of drug-likeness (QED) is 0.533. The molecule has 0 saturated carbocycles. The lowest BCUT2D eigenvalue weighted by atomic mass is 10.0. The van der Waals surface area contributed by atoms with Gasteiger partial charge in [-0.05, 0) is 13.8 Å². The number of nitrogens with zero attached hydrogens (tertiary/aromatic N) is 1. The molecule has 0 aromatic rings. The molecule has 0 radical (unpaired) electrons. The lowest BCUT2D eigenvalue weighted by molar-refractivity contribution is 0.229. The molecule has 0 aromatic carbocycles. The van der Waals surface area contributed by atoms with Crippen LogP contribution < -0.4 is 5.32 Å². The topological polar surface area (TPSA) is 32.3 Å². The van der Waals surface area contributed by atoms with E-state index in [4.69, 9.17) is 0 Å². The molecule has 1 heterocycles. The highest BCUT2D eigenvalue weighted by Gasteiger charge is 2.36. The number of carbonyl (C=O) groups excluding carboxylic acids is 1. The maximum atomic E-state index is 11.0. The molecule has 0 bridgehead atoms. The zero-order valence-electron chi connectivity index (χ0n) is 6.56. The molecule has 0 spiro atoms. The van der Waals surface area contributed by atoms with Crippen molar-refractivity contribution in [2.75, 3.05) is 7.05 Å². The number of hydrogen-bond acceptors (Lipinski definition) is 1. The number of carbonyl (C=O) groups is 1. The summed E-state index contributed by atoms with van der Waals surface area (Å²) in [4.78, 5) is 12.5. The van der Waals surface area contributed by atoms with Crippen molar-refractivity contribution in [3.63, 3.8) is 0 Å². The number of hydrogen-bond donors (Lipinski definition) is 1.